The SMILES string of the molecule is O=C(CCCC(=O)N1CCCCC1)ONC(=O)OCc1ccccc1. The van der Waals surface area contributed by atoms with Crippen molar-refractivity contribution in [2.75, 3.05) is 13.1 Å². The second kappa shape index (κ2) is 10.3. The molecule has 1 N–H and O–H groups in total. The normalized spacial score (nSPS) is 13.8. The first kappa shape index (κ1) is 18.8. The molecule has 0 aliphatic carbocycles. The van der Waals surface area contributed by atoms with Crippen molar-refractivity contribution in [3.05, 3.63) is 35.9 Å². The van der Waals surface area contributed by atoms with Crippen LogP contribution >= 0.6 is 0 Å². The Kier molecular flexibility index (Phi) is 7.75. The molecule has 1 heterocycles. The van der Waals surface area contributed by atoms with Gasteiger partial charge in [-0.25, -0.2) is 9.59 Å². The van der Waals surface area contributed by atoms with Crippen LogP contribution in [-0.2, 0) is 25.8 Å². The van der Waals surface area contributed by atoms with Crippen molar-refractivity contribution in [3.8, 4) is 0 Å². The number of hydroxylamine groups is 1. The van der Waals surface area contributed by atoms with Gasteiger partial charge in [0, 0.05) is 25.9 Å². The van der Waals surface area contributed by atoms with Crippen LogP contribution in [0.1, 0.15) is 44.1 Å². The Morgan fingerprint density at radius 2 is 1.72 bits per heavy atom. The van der Waals surface area contributed by atoms with Crippen molar-refractivity contribution in [3.63, 3.8) is 0 Å². The Morgan fingerprint density at radius 1 is 1.00 bits per heavy atom. The minimum atomic E-state index is -0.832. The predicted octanol–water partition coefficient (Wildman–Crippen LogP) is 2.55. The zero-order valence-corrected chi connectivity index (χ0v) is 14.2. The maximum absolute atomic E-state index is 11.9. The molecule has 7 heteroatoms. The van der Waals surface area contributed by atoms with Crippen LogP contribution in [0.2, 0.25) is 0 Å². The first-order chi connectivity index (χ1) is 12.1. The largest absolute Gasteiger partial charge is 0.443 e. The Hall–Kier alpha value is -2.57. The fourth-order valence-electron chi connectivity index (χ4n) is 2.59. The maximum atomic E-state index is 11.9. The van der Waals surface area contributed by atoms with E-state index in [0.29, 0.717) is 12.8 Å². The van der Waals surface area contributed by atoms with Gasteiger partial charge in [-0.3, -0.25) is 4.79 Å². The van der Waals surface area contributed by atoms with Crippen LogP contribution in [0.3, 0.4) is 0 Å². The summed E-state index contributed by atoms with van der Waals surface area (Å²) in [5, 5.41) is 0. The van der Waals surface area contributed by atoms with Crippen molar-refractivity contribution < 1.29 is 24.0 Å². The third-order valence-electron chi connectivity index (χ3n) is 3.94. The lowest BCUT2D eigenvalue weighted by Crippen LogP contribution is -2.35. The Balaban J connectivity index is 1.54. The quantitative estimate of drug-likeness (QED) is 0.799. The van der Waals surface area contributed by atoms with E-state index >= 15 is 0 Å². The number of carbonyl (C=O) groups excluding carboxylic acids is 3. The number of rotatable bonds is 6. The molecule has 2 amide bonds. The van der Waals surface area contributed by atoms with Crippen LogP contribution in [0.15, 0.2) is 30.3 Å². The second-order valence-electron chi connectivity index (χ2n) is 5.93. The van der Waals surface area contributed by atoms with Crippen molar-refractivity contribution in [1.29, 1.82) is 0 Å². The smallest absolute Gasteiger partial charge is 0.441 e. The minimum absolute atomic E-state index is 0.0680. The molecule has 0 atom stereocenters. The molecule has 1 aromatic carbocycles. The van der Waals surface area contributed by atoms with Crippen LogP contribution in [-0.4, -0.2) is 36.0 Å². The number of ether oxygens (including phenoxy) is 1. The van der Waals surface area contributed by atoms with E-state index in [0.717, 1.165) is 31.5 Å². The molecule has 0 spiro atoms. The van der Waals surface area contributed by atoms with Gasteiger partial charge in [0.1, 0.15) is 6.61 Å². The lowest BCUT2D eigenvalue weighted by molar-refractivity contribution is -0.150. The number of hydrogen-bond acceptors (Lipinski definition) is 5. The molecule has 1 saturated heterocycles. The molecule has 1 aliphatic rings. The van der Waals surface area contributed by atoms with E-state index in [2.05, 4.69) is 4.84 Å². The molecule has 0 aromatic heterocycles. The standard InChI is InChI=1S/C18H24N2O5/c21-16(20-12-5-2-6-13-20)10-7-11-17(22)25-19-18(23)24-14-15-8-3-1-4-9-15/h1,3-4,8-9H,2,5-7,10-14H2,(H,19,23). The van der Waals surface area contributed by atoms with Gasteiger partial charge in [-0.2, -0.15) is 0 Å². The molecule has 0 unspecified atom stereocenters. The van der Waals surface area contributed by atoms with E-state index in [1.165, 1.54) is 6.42 Å². The number of piperidine rings is 1. The number of hydrogen-bond donors (Lipinski definition) is 1. The molecule has 1 aliphatic heterocycles. The van der Waals surface area contributed by atoms with Gasteiger partial charge < -0.3 is 14.5 Å². The van der Waals surface area contributed by atoms with Gasteiger partial charge in [0.2, 0.25) is 5.91 Å². The summed E-state index contributed by atoms with van der Waals surface area (Å²) < 4.78 is 4.91. The van der Waals surface area contributed by atoms with Gasteiger partial charge in [0.05, 0.1) is 0 Å². The van der Waals surface area contributed by atoms with Crippen molar-refractivity contribution in [2.45, 2.75) is 45.1 Å². The zero-order chi connectivity index (χ0) is 17.9. The summed E-state index contributed by atoms with van der Waals surface area (Å²) in [5.41, 5.74) is 2.78. The lowest BCUT2D eigenvalue weighted by Gasteiger charge is -2.26. The third kappa shape index (κ3) is 7.24. The summed E-state index contributed by atoms with van der Waals surface area (Å²) in [5.74, 6) is -0.522. The summed E-state index contributed by atoms with van der Waals surface area (Å²) in [6.07, 6.45) is 3.20. The van der Waals surface area contributed by atoms with Crippen LogP contribution in [0.25, 0.3) is 0 Å². The van der Waals surface area contributed by atoms with E-state index in [4.69, 9.17) is 4.74 Å². The van der Waals surface area contributed by atoms with Crippen molar-refractivity contribution in [1.82, 2.24) is 10.4 Å². The number of carbonyl (C=O) groups is 3. The molecule has 0 radical (unpaired) electrons. The Morgan fingerprint density at radius 3 is 2.44 bits per heavy atom. The highest BCUT2D eigenvalue weighted by Gasteiger charge is 2.16. The highest BCUT2D eigenvalue weighted by Crippen LogP contribution is 2.11. The van der Waals surface area contributed by atoms with E-state index in [1.54, 1.807) is 0 Å². The van der Waals surface area contributed by atoms with E-state index < -0.39 is 12.1 Å². The maximum Gasteiger partial charge on any atom is 0.441 e. The van der Waals surface area contributed by atoms with E-state index in [-0.39, 0.29) is 18.9 Å². The summed E-state index contributed by atoms with van der Waals surface area (Å²) in [6, 6.07) is 9.17. The van der Waals surface area contributed by atoms with Gasteiger partial charge in [-0.15, -0.1) is 5.48 Å². The number of benzene rings is 1. The second-order valence-corrected chi connectivity index (χ2v) is 5.93. The first-order valence-electron chi connectivity index (χ1n) is 8.59. The van der Waals surface area contributed by atoms with Gasteiger partial charge in [-0.1, -0.05) is 30.3 Å². The van der Waals surface area contributed by atoms with Gasteiger partial charge in [0.25, 0.3) is 0 Å². The third-order valence-corrected chi connectivity index (χ3v) is 3.94. The van der Waals surface area contributed by atoms with Crippen LogP contribution in [0.5, 0.6) is 0 Å². The topological polar surface area (TPSA) is 84.9 Å². The first-order valence-corrected chi connectivity index (χ1v) is 8.59. The number of nitrogens with zero attached hydrogens (tertiary/aromatic N) is 1. The van der Waals surface area contributed by atoms with Gasteiger partial charge in [-0.05, 0) is 31.2 Å². The lowest BCUT2D eigenvalue weighted by atomic mass is 10.1. The summed E-state index contributed by atoms with van der Waals surface area (Å²) in [6.45, 7) is 1.70. The molecule has 136 valence electrons. The fourth-order valence-corrected chi connectivity index (χ4v) is 2.59. The predicted molar refractivity (Wildman–Crippen MR) is 90.1 cm³/mol. The molecule has 25 heavy (non-hydrogen) atoms. The monoisotopic (exact) mass is 348 g/mol. The molecular formula is C18H24N2O5. The number of likely N-dealkylation sites (tertiary alicyclic amines) is 1. The van der Waals surface area contributed by atoms with E-state index in [9.17, 15) is 14.4 Å². The fraction of sp³-hybridized carbons (Fsp3) is 0.500. The number of nitrogens with one attached hydrogen (secondary N) is 1. The molecule has 1 fully saturated rings. The zero-order valence-electron chi connectivity index (χ0n) is 14.2. The molecule has 2 rings (SSSR count). The van der Waals surface area contributed by atoms with Crippen LogP contribution in [0.4, 0.5) is 4.79 Å². The molecule has 7 nitrogen and oxygen atoms in total. The van der Waals surface area contributed by atoms with Crippen molar-refractivity contribution in [2.24, 2.45) is 0 Å². The number of amides is 2. The summed E-state index contributed by atoms with van der Waals surface area (Å²) in [7, 11) is 0. The summed E-state index contributed by atoms with van der Waals surface area (Å²) >= 11 is 0. The van der Waals surface area contributed by atoms with E-state index in [1.807, 2.05) is 40.7 Å². The van der Waals surface area contributed by atoms with Crippen molar-refractivity contribution >= 4 is 18.0 Å². The minimum Gasteiger partial charge on any atom is -0.443 e. The summed E-state index contributed by atoms with van der Waals surface area (Å²) in [4.78, 5) is 41.4. The molecular weight excluding hydrogens is 324 g/mol. The van der Waals surface area contributed by atoms with Gasteiger partial charge >= 0.3 is 12.1 Å². The highest BCUT2D eigenvalue weighted by molar-refractivity contribution is 5.77. The Labute approximate surface area is 147 Å². The Bertz CT molecular complexity index is 570. The molecule has 0 saturated carbocycles. The molecule has 0 bridgehead atoms. The van der Waals surface area contributed by atoms with Crippen LogP contribution < -0.4 is 5.48 Å². The van der Waals surface area contributed by atoms with Gasteiger partial charge in [0.15, 0.2) is 0 Å². The highest BCUT2D eigenvalue weighted by atomic mass is 16.7. The molecule has 1 aromatic rings. The average Bonchev–Trinajstić information content (AvgIpc) is 2.66. The van der Waals surface area contributed by atoms with Crippen LogP contribution in [0, 0.1) is 0 Å². The average molecular weight is 348 g/mol.